The monoisotopic (exact) mass is 219 g/mol. The molecule has 0 aromatic heterocycles. The van der Waals surface area contributed by atoms with Crippen LogP contribution in [0.1, 0.15) is 13.8 Å². The molecule has 0 bridgehead atoms. The van der Waals surface area contributed by atoms with Gasteiger partial charge < -0.3 is 4.90 Å². The number of piperidine rings is 1. The molecule has 0 N–H and O–H groups in total. The van der Waals surface area contributed by atoms with Gasteiger partial charge in [0.1, 0.15) is 0 Å². The van der Waals surface area contributed by atoms with E-state index >= 15 is 0 Å². The first-order chi connectivity index (χ1) is 6.05. The molecule has 1 rings (SSSR count). The van der Waals surface area contributed by atoms with E-state index in [2.05, 4.69) is 38.3 Å². The topological polar surface area (TPSA) is 3.24 Å². The van der Waals surface area contributed by atoms with Crippen LogP contribution >= 0.6 is 23.5 Å². The third kappa shape index (κ3) is 2.18. The molecule has 78 valence electrons. The summed E-state index contributed by atoms with van der Waals surface area (Å²) in [5, 5.41) is 0. The van der Waals surface area contributed by atoms with Gasteiger partial charge >= 0.3 is 0 Å². The summed E-state index contributed by atoms with van der Waals surface area (Å²) in [4.78, 5) is 2.47. The second-order valence-electron chi connectivity index (χ2n) is 4.18. The van der Waals surface area contributed by atoms with Gasteiger partial charge in [0, 0.05) is 13.1 Å². The van der Waals surface area contributed by atoms with Crippen LogP contribution in [0.2, 0.25) is 0 Å². The van der Waals surface area contributed by atoms with E-state index in [0.29, 0.717) is 4.08 Å². The zero-order valence-corrected chi connectivity index (χ0v) is 11.0. The minimum absolute atomic E-state index is 0.423. The highest BCUT2D eigenvalue weighted by Crippen LogP contribution is 2.46. The fourth-order valence-corrected chi connectivity index (χ4v) is 4.83. The summed E-state index contributed by atoms with van der Waals surface area (Å²) in [6, 6.07) is 0. The molecule has 1 saturated heterocycles. The largest absolute Gasteiger partial charge is 0.304 e. The first-order valence-electron chi connectivity index (χ1n) is 4.84. The summed E-state index contributed by atoms with van der Waals surface area (Å²) < 4.78 is 0.423. The van der Waals surface area contributed by atoms with Gasteiger partial charge in [-0.05, 0) is 31.4 Å². The van der Waals surface area contributed by atoms with Crippen molar-refractivity contribution < 1.29 is 0 Å². The number of hydrogen-bond acceptors (Lipinski definition) is 3. The van der Waals surface area contributed by atoms with Crippen LogP contribution in [-0.2, 0) is 0 Å². The van der Waals surface area contributed by atoms with Crippen LogP contribution in [-0.4, -0.2) is 41.6 Å². The van der Waals surface area contributed by atoms with E-state index in [1.807, 2.05) is 23.5 Å². The van der Waals surface area contributed by atoms with Crippen molar-refractivity contribution in [1.29, 1.82) is 0 Å². The molecule has 1 fully saturated rings. The SMILES string of the molecule is CSC1(SC)CN(C)CC(C)C1C. The highest BCUT2D eigenvalue weighted by atomic mass is 32.2. The van der Waals surface area contributed by atoms with Crippen LogP contribution in [0, 0.1) is 11.8 Å². The Bertz CT molecular complexity index is 168. The zero-order valence-electron chi connectivity index (χ0n) is 9.33. The van der Waals surface area contributed by atoms with Crippen LogP contribution in [0.3, 0.4) is 0 Å². The minimum Gasteiger partial charge on any atom is -0.304 e. The maximum atomic E-state index is 2.47. The van der Waals surface area contributed by atoms with Crippen molar-refractivity contribution in [2.45, 2.75) is 17.9 Å². The number of likely N-dealkylation sites (tertiary alicyclic amines) is 1. The molecule has 0 aromatic rings. The van der Waals surface area contributed by atoms with Gasteiger partial charge in [-0.1, -0.05) is 13.8 Å². The van der Waals surface area contributed by atoms with E-state index in [1.54, 1.807) is 0 Å². The van der Waals surface area contributed by atoms with Gasteiger partial charge in [0.25, 0.3) is 0 Å². The molecule has 0 aliphatic carbocycles. The van der Waals surface area contributed by atoms with E-state index in [4.69, 9.17) is 0 Å². The Kier molecular flexibility index (Phi) is 4.02. The lowest BCUT2D eigenvalue weighted by Crippen LogP contribution is -2.51. The van der Waals surface area contributed by atoms with Crippen molar-refractivity contribution >= 4 is 23.5 Å². The van der Waals surface area contributed by atoms with Crippen molar-refractivity contribution in [2.75, 3.05) is 32.6 Å². The molecule has 1 aliphatic heterocycles. The van der Waals surface area contributed by atoms with Gasteiger partial charge in [0.05, 0.1) is 4.08 Å². The first-order valence-corrected chi connectivity index (χ1v) is 7.29. The first kappa shape index (κ1) is 11.7. The molecule has 0 radical (unpaired) electrons. The highest BCUT2D eigenvalue weighted by Gasteiger charge is 2.42. The standard InChI is InChI=1S/C10H21NS2/c1-8-6-11(3)7-10(12-4,13-5)9(8)2/h8-9H,6-7H2,1-5H3. The molecule has 0 saturated carbocycles. The predicted molar refractivity (Wildman–Crippen MR) is 65.6 cm³/mol. The van der Waals surface area contributed by atoms with Crippen molar-refractivity contribution in [3.05, 3.63) is 0 Å². The third-order valence-corrected chi connectivity index (χ3v) is 6.71. The molecule has 2 unspecified atom stereocenters. The average Bonchev–Trinajstić information content (AvgIpc) is 2.11. The molecule has 1 nitrogen and oxygen atoms in total. The van der Waals surface area contributed by atoms with Crippen LogP contribution in [0.4, 0.5) is 0 Å². The number of rotatable bonds is 2. The van der Waals surface area contributed by atoms with Crippen molar-refractivity contribution in [1.82, 2.24) is 4.90 Å². The second kappa shape index (κ2) is 4.45. The third-order valence-electron chi connectivity index (χ3n) is 3.33. The lowest BCUT2D eigenvalue weighted by molar-refractivity contribution is 0.161. The molecule has 0 spiro atoms. The summed E-state index contributed by atoms with van der Waals surface area (Å²) in [6.45, 7) is 7.26. The van der Waals surface area contributed by atoms with Crippen LogP contribution in [0.5, 0.6) is 0 Å². The molecule has 1 aliphatic rings. The Morgan fingerprint density at radius 2 is 1.77 bits per heavy atom. The Balaban J connectivity index is 2.80. The normalized spacial score (nSPS) is 34.8. The number of hydrogen-bond donors (Lipinski definition) is 0. The van der Waals surface area contributed by atoms with Gasteiger partial charge in [0.15, 0.2) is 0 Å². The molecule has 2 atom stereocenters. The van der Waals surface area contributed by atoms with Gasteiger partial charge in [-0.15, -0.1) is 23.5 Å². The van der Waals surface area contributed by atoms with Crippen molar-refractivity contribution in [3.63, 3.8) is 0 Å². The lowest BCUT2D eigenvalue weighted by Gasteiger charge is -2.47. The van der Waals surface area contributed by atoms with Gasteiger partial charge in [-0.2, -0.15) is 0 Å². The Hall–Kier alpha value is 0.660. The van der Waals surface area contributed by atoms with E-state index in [1.165, 1.54) is 13.1 Å². The van der Waals surface area contributed by atoms with Crippen molar-refractivity contribution in [3.8, 4) is 0 Å². The van der Waals surface area contributed by atoms with E-state index < -0.39 is 0 Å². The highest BCUT2D eigenvalue weighted by molar-refractivity contribution is 8.17. The summed E-state index contributed by atoms with van der Waals surface area (Å²) >= 11 is 4.06. The van der Waals surface area contributed by atoms with E-state index in [0.717, 1.165) is 11.8 Å². The summed E-state index contributed by atoms with van der Waals surface area (Å²) in [6.07, 6.45) is 4.50. The Labute approximate surface area is 91.0 Å². The smallest absolute Gasteiger partial charge is 0.0759 e. The molecule has 0 amide bonds. The number of thioether (sulfide) groups is 2. The van der Waals surface area contributed by atoms with E-state index in [9.17, 15) is 0 Å². The zero-order chi connectivity index (χ0) is 10.1. The fourth-order valence-electron chi connectivity index (χ4n) is 2.25. The van der Waals surface area contributed by atoms with Gasteiger partial charge in [-0.25, -0.2) is 0 Å². The van der Waals surface area contributed by atoms with Gasteiger partial charge in [0.2, 0.25) is 0 Å². The molecule has 0 aromatic carbocycles. The molecule has 3 heteroatoms. The maximum Gasteiger partial charge on any atom is 0.0759 e. The maximum absolute atomic E-state index is 2.47. The fraction of sp³-hybridized carbons (Fsp3) is 1.00. The molecular formula is C10H21NS2. The van der Waals surface area contributed by atoms with Crippen molar-refractivity contribution in [2.24, 2.45) is 11.8 Å². The average molecular weight is 219 g/mol. The van der Waals surface area contributed by atoms with Crippen LogP contribution < -0.4 is 0 Å². The molecular weight excluding hydrogens is 198 g/mol. The lowest BCUT2D eigenvalue weighted by atomic mass is 9.88. The summed E-state index contributed by atoms with van der Waals surface area (Å²) in [5.41, 5.74) is 0. The minimum atomic E-state index is 0.423. The van der Waals surface area contributed by atoms with Crippen LogP contribution in [0.25, 0.3) is 0 Å². The van der Waals surface area contributed by atoms with Crippen LogP contribution in [0.15, 0.2) is 0 Å². The summed E-state index contributed by atoms with van der Waals surface area (Å²) in [7, 11) is 2.24. The van der Waals surface area contributed by atoms with E-state index in [-0.39, 0.29) is 0 Å². The second-order valence-corrected chi connectivity index (χ2v) is 6.71. The number of nitrogens with zero attached hydrogens (tertiary/aromatic N) is 1. The molecule has 13 heavy (non-hydrogen) atoms. The molecule has 1 heterocycles. The predicted octanol–water partition coefficient (Wildman–Crippen LogP) is 2.63. The summed E-state index contributed by atoms with van der Waals surface area (Å²) in [5.74, 6) is 1.63. The Morgan fingerprint density at radius 3 is 2.23 bits per heavy atom. The Morgan fingerprint density at radius 1 is 1.23 bits per heavy atom. The van der Waals surface area contributed by atoms with Gasteiger partial charge in [-0.3, -0.25) is 0 Å². The quantitative estimate of drug-likeness (QED) is 0.657.